The van der Waals surface area contributed by atoms with Crippen LogP contribution in [0.4, 0.5) is 0 Å². The Bertz CT molecular complexity index is 1390. The van der Waals surface area contributed by atoms with Crippen LogP contribution in [0.3, 0.4) is 0 Å². The van der Waals surface area contributed by atoms with Crippen molar-refractivity contribution in [3.8, 4) is 0 Å². The molecule has 284 valence electrons. The number of hydrogen-bond donors (Lipinski definition) is 8. The molecule has 8 N–H and O–H groups in total. The highest BCUT2D eigenvalue weighted by atomic mass is 35.5. The number of rotatable bonds is 6. The number of carbonyl (C=O) groups is 6. The van der Waals surface area contributed by atoms with Gasteiger partial charge in [0.2, 0.25) is 11.8 Å². The highest BCUT2D eigenvalue weighted by molar-refractivity contribution is 6.21. The molecule has 9 atom stereocenters. The van der Waals surface area contributed by atoms with Crippen molar-refractivity contribution in [2.24, 2.45) is 5.92 Å². The predicted octanol–water partition coefficient (Wildman–Crippen LogP) is -2.91. The van der Waals surface area contributed by atoms with Crippen LogP contribution in [-0.2, 0) is 33.5 Å². The van der Waals surface area contributed by atoms with Gasteiger partial charge in [-0.05, 0) is 25.7 Å². The Morgan fingerprint density at radius 3 is 2.14 bits per heavy atom. The Hall–Kier alpha value is -3.65. The molecule has 0 aromatic heterocycles. The molecule has 4 aliphatic rings. The number of fused-ring (bicyclic) bond motifs is 3. The number of carbonyl (C=O) groups excluding carboxylic acids is 6. The van der Waals surface area contributed by atoms with Gasteiger partial charge in [-0.15, -0.1) is 11.6 Å². The molecule has 4 aliphatic heterocycles. The average molecular weight is 741 g/mol. The van der Waals surface area contributed by atoms with Crippen molar-refractivity contribution in [1.82, 2.24) is 41.9 Å². The highest BCUT2D eigenvalue weighted by Gasteiger charge is 2.48. The van der Waals surface area contributed by atoms with Crippen LogP contribution in [0.5, 0.6) is 0 Å². The van der Waals surface area contributed by atoms with Crippen molar-refractivity contribution >= 4 is 47.1 Å². The van der Waals surface area contributed by atoms with Crippen LogP contribution in [0, 0.1) is 5.92 Å². The second-order valence-electron chi connectivity index (χ2n) is 13.5. The lowest BCUT2D eigenvalue weighted by Crippen LogP contribution is -2.71. The maximum Gasteiger partial charge on any atom is 0.334 e. The fourth-order valence-electron chi connectivity index (χ4n) is 6.01. The first kappa shape index (κ1) is 40.1. The van der Waals surface area contributed by atoms with E-state index in [2.05, 4.69) is 26.9 Å². The van der Waals surface area contributed by atoms with Crippen LogP contribution in [0.1, 0.15) is 52.9 Å². The van der Waals surface area contributed by atoms with Crippen molar-refractivity contribution in [3.05, 3.63) is 24.3 Å². The minimum absolute atomic E-state index is 0.0357. The standard InChI is InChI=1S/C32H49ClN8O10/c1-4-18(2)8-6-5-7-9-22-29(48)41-25(10-19(33)13-34-41)30(49)40-24(12-21(44)15-36-40)28(47)38-32(3,17-42)31(50)51-16-26(45)39-23(27(46)37-22)11-20(43)14-35-39/h5-8,18-25,34-36,42-44H,4,9-17H2,1-3H3,(H,37,46)(H,38,47)/b7-5+,8-6+/t18?,19-,20+,21-,22-,23+,24-,25+,32-/m0/s1. The van der Waals surface area contributed by atoms with Crippen molar-refractivity contribution in [3.63, 3.8) is 0 Å². The Labute approximate surface area is 300 Å². The van der Waals surface area contributed by atoms with Crippen molar-refractivity contribution in [2.45, 2.75) is 100 Å². The number of allylic oxidation sites excluding steroid dienone is 3. The summed E-state index contributed by atoms with van der Waals surface area (Å²) >= 11 is 6.47. The minimum Gasteiger partial charge on any atom is -0.454 e. The molecule has 0 aromatic carbocycles. The number of amides is 5. The fourth-order valence-corrected chi connectivity index (χ4v) is 6.25. The molecular formula is C32H49ClN8O10. The van der Waals surface area contributed by atoms with Gasteiger partial charge in [-0.2, -0.15) is 0 Å². The van der Waals surface area contributed by atoms with Crippen molar-refractivity contribution in [2.75, 3.05) is 32.8 Å². The number of ether oxygens (including phenoxy) is 1. The molecule has 19 heteroatoms. The topological polar surface area (TPSA) is 242 Å². The molecular weight excluding hydrogens is 692 g/mol. The van der Waals surface area contributed by atoms with E-state index in [1.807, 2.05) is 26.0 Å². The molecule has 4 fully saturated rings. The summed E-state index contributed by atoms with van der Waals surface area (Å²) in [6.07, 6.45) is 5.40. The van der Waals surface area contributed by atoms with Crippen LogP contribution in [0.25, 0.3) is 0 Å². The molecule has 4 saturated heterocycles. The van der Waals surface area contributed by atoms with Gasteiger partial charge in [-0.3, -0.25) is 39.0 Å². The number of aliphatic hydroxyl groups excluding tert-OH is 3. The van der Waals surface area contributed by atoms with E-state index in [-0.39, 0.29) is 45.3 Å². The smallest absolute Gasteiger partial charge is 0.334 e. The molecule has 51 heavy (non-hydrogen) atoms. The second kappa shape index (κ2) is 17.7. The molecule has 4 heterocycles. The second-order valence-corrected chi connectivity index (χ2v) is 14.1. The zero-order valence-corrected chi connectivity index (χ0v) is 29.7. The molecule has 5 amide bonds. The number of alkyl halides is 1. The molecule has 0 aromatic rings. The third-order valence-electron chi connectivity index (χ3n) is 9.33. The van der Waals surface area contributed by atoms with E-state index in [1.54, 1.807) is 12.2 Å². The number of hydrogen-bond acceptors (Lipinski definition) is 13. The summed E-state index contributed by atoms with van der Waals surface area (Å²) in [6.45, 7) is 3.20. The monoisotopic (exact) mass is 740 g/mol. The van der Waals surface area contributed by atoms with Gasteiger partial charge < -0.3 is 30.7 Å². The Morgan fingerprint density at radius 2 is 1.49 bits per heavy atom. The van der Waals surface area contributed by atoms with E-state index in [9.17, 15) is 44.1 Å². The number of aliphatic hydroxyl groups is 3. The zero-order chi connectivity index (χ0) is 37.5. The van der Waals surface area contributed by atoms with Gasteiger partial charge in [0.05, 0.1) is 24.2 Å². The van der Waals surface area contributed by atoms with E-state index < -0.39 is 96.0 Å². The van der Waals surface area contributed by atoms with E-state index in [0.717, 1.165) is 28.4 Å². The van der Waals surface area contributed by atoms with Gasteiger partial charge in [0.1, 0.15) is 24.2 Å². The third kappa shape index (κ3) is 9.82. The molecule has 18 nitrogen and oxygen atoms in total. The largest absolute Gasteiger partial charge is 0.454 e. The average Bonchev–Trinajstić information content (AvgIpc) is 3.11. The number of nitrogens with zero attached hydrogens (tertiary/aromatic N) is 3. The SMILES string of the molecule is CCC(C)/C=C/C=C/C[C@@H]1NC(=O)[C@H]2C[C@@H](O)CNN2C(=O)COC(=O)[C@](C)(CO)NC(=O)[C@@H]2C[C@H](O)CNN2C(=O)[C@H]2C[C@H](Cl)CNN2C1=O. The van der Waals surface area contributed by atoms with Crippen LogP contribution in [-0.4, -0.2) is 146 Å². The van der Waals surface area contributed by atoms with Crippen molar-refractivity contribution < 1.29 is 48.8 Å². The predicted molar refractivity (Wildman–Crippen MR) is 180 cm³/mol. The summed E-state index contributed by atoms with van der Waals surface area (Å²) in [6, 6.07) is -5.36. The van der Waals surface area contributed by atoms with E-state index in [0.29, 0.717) is 5.92 Å². The number of halogens is 1. The number of hydrazine groups is 3. The van der Waals surface area contributed by atoms with Crippen molar-refractivity contribution in [1.29, 1.82) is 0 Å². The lowest BCUT2D eigenvalue weighted by molar-refractivity contribution is -0.167. The first-order valence-corrected chi connectivity index (χ1v) is 17.5. The number of cyclic esters (lactones) is 1. The summed E-state index contributed by atoms with van der Waals surface area (Å²) in [5, 5.41) is 38.3. The normalized spacial score (nSPS) is 34.3. The summed E-state index contributed by atoms with van der Waals surface area (Å²) < 4.78 is 5.18. The molecule has 4 rings (SSSR count). The number of nitrogens with one attached hydrogen (secondary N) is 5. The Balaban J connectivity index is 1.76. The summed E-state index contributed by atoms with van der Waals surface area (Å²) in [5.41, 5.74) is 6.17. The maximum absolute atomic E-state index is 14.3. The van der Waals surface area contributed by atoms with Gasteiger partial charge in [0.25, 0.3) is 17.7 Å². The lowest BCUT2D eigenvalue weighted by atomic mass is 9.98. The zero-order valence-electron chi connectivity index (χ0n) is 28.9. The molecule has 0 spiro atoms. The Kier molecular flexibility index (Phi) is 13.9. The lowest BCUT2D eigenvalue weighted by Gasteiger charge is -2.44. The van der Waals surface area contributed by atoms with E-state index in [4.69, 9.17) is 16.3 Å². The summed E-state index contributed by atoms with van der Waals surface area (Å²) in [7, 11) is 0. The minimum atomic E-state index is -2.09. The van der Waals surface area contributed by atoms with Gasteiger partial charge in [-0.25, -0.2) is 21.1 Å². The molecule has 0 bridgehead atoms. The molecule has 0 aliphatic carbocycles. The molecule has 0 saturated carbocycles. The third-order valence-corrected chi connectivity index (χ3v) is 9.66. The molecule has 1 unspecified atom stereocenters. The van der Waals surface area contributed by atoms with Gasteiger partial charge in [0, 0.05) is 32.5 Å². The van der Waals surface area contributed by atoms with E-state index >= 15 is 0 Å². The van der Waals surface area contributed by atoms with Gasteiger partial charge in [-0.1, -0.05) is 44.6 Å². The summed E-state index contributed by atoms with van der Waals surface area (Å²) in [5.74, 6) is -5.00. The van der Waals surface area contributed by atoms with Gasteiger partial charge in [0.15, 0.2) is 12.1 Å². The first-order valence-electron chi connectivity index (χ1n) is 17.1. The Morgan fingerprint density at radius 1 is 0.882 bits per heavy atom. The molecule has 0 radical (unpaired) electrons. The quantitative estimate of drug-likeness (QED) is 0.0775. The fraction of sp³-hybridized carbons (Fsp3) is 0.688. The van der Waals surface area contributed by atoms with Crippen LogP contribution < -0.4 is 26.9 Å². The van der Waals surface area contributed by atoms with Crippen LogP contribution in [0.15, 0.2) is 24.3 Å². The van der Waals surface area contributed by atoms with Gasteiger partial charge >= 0.3 is 5.97 Å². The highest BCUT2D eigenvalue weighted by Crippen LogP contribution is 2.23. The number of esters is 1. The number of β-amino-alcohol motifs (C(OH)–C–C–N with tert-alkyl or cyclic N) is 2. The van der Waals surface area contributed by atoms with Crippen LogP contribution in [0.2, 0.25) is 0 Å². The summed E-state index contributed by atoms with van der Waals surface area (Å²) in [4.78, 5) is 82.6. The van der Waals surface area contributed by atoms with E-state index in [1.165, 1.54) is 0 Å². The maximum atomic E-state index is 14.3. The first-order chi connectivity index (χ1) is 24.2. The van der Waals surface area contributed by atoms with Crippen LogP contribution >= 0.6 is 11.6 Å².